The minimum absolute atomic E-state index is 0.0398. The molecule has 0 bridgehead atoms. The van der Waals surface area contributed by atoms with E-state index in [4.69, 9.17) is 18.5 Å². The molecule has 0 N–H and O–H groups in total. The van der Waals surface area contributed by atoms with Crippen molar-refractivity contribution in [2.75, 3.05) is 47.5 Å². The largest absolute Gasteiger partial charge is 0.756 e. The fourth-order valence-electron chi connectivity index (χ4n) is 10.2. The normalized spacial score (nSPS) is 13.8. The summed E-state index contributed by atoms with van der Waals surface area (Å²) in [5.41, 5.74) is 0. The quantitative estimate of drug-likeness (QED) is 0.0195. The van der Waals surface area contributed by atoms with Crippen LogP contribution in [0.5, 0.6) is 0 Å². The maximum Gasteiger partial charge on any atom is 0.306 e. The van der Waals surface area contributed by atoms with E-state index in [1.165, 1.54) is 193 Å². The van der Waals surface area contributed by atoms with Gasteiger partial charge in [-0.15, -0.1) is 0 Å². The Morgan fingerprint density at radius 1 is 0.364 bits per heavy atom. The summed E-state index contributed by atoms with van der Waals surface area (Å²) in [5.74, 6) is -0.857. The average molecular weight is 1250 g/mol. The molecule has 508 valence electrons. The number of hydrogen-bond donors (Lipinski definition) is 0. The lowest BCUT2D eigenvalue weighted by molar-refractivity contribution is -0.870. The van der Waals surface area contributed by atoms with Crippen LogP contribution in [0.15, 0.2) is 109 Å². The predicted octanol–water partition coefficient (Wildman–Crippen LogP) is 23.4. The molecule has 0 aliphatic carbocycles. The second kappa shape index (κ2) is 68.0. The van der Waals surface area contributed by atoms with E-state index in [0.717, 1.165) is 96.3 Å². The first-order valence-electron chi connectivity index (χ1n) is 36.6. The average Bonchev–Trinajstić information content (AvgIpc) is 3.68. The molecule has 10 heteroatoms. The van der Waals surface area contributed by atoms with E-state index in [9.17, 15) is 19.0 Å². The van der Waals surface area contributed by atoms with Crippen molar-refractivity contribution in [1.82, 2.24) is 0 Å². The lowest BCUT2D eigenvalue weighted by Crippen LogP contribution is -2.37. The first kappa shape index (κ1) is 84.7. The molecule has 0 spiro atoms. The monoisotopic (exact) mass is 1250 g/mol. The molecule has 0 radical (unpaired) electrons. The third-order valence-electron chi connectivity index (χ3n) is 15.8. The number of rotatable bonds is 67. The van der Waals surface area contributed by atoms with Crippen molar-refractivity contribution < 1.29 is 42.1 Å². The van der Waals surface area contributed by atoms with E-state index < -0.39 is 26.5 Å². The Kier molecular flexibility index (Phi) is 65.5. The number of quaternary nitrogens is 1. The van der Waals surface area contributed by atoms with Crippen molar-refractivity contribution in [3.05, 3.63) is 109 Å². The fourth-order valence-corrected chi connectivity index (χ4v) is 10.9. The molecule has 2 atom stereocenters. The zero-order chi connectivity index (χ0) is 64.1. The van der Waals surface area contributed by atoms with E-state index in [1.807, 2.05) is 21.1 Å². The number of allylic oxidation sites excluding steroid dienone is 18. The van der Waals surface area contributed by atoms with Gasteiger partial charge in [-0.1, -0.05) is 316 Å². The van der Waals surface area contributed by atoms with Gasteiger partial charge in [-0.05, 0) is 103 Å². The zero-order valence-corrected chi connectivity index (χ0v) is 58.8. The molecule has 2 unspecified atom stereocenters. The SMILES string of the molecule is CC/C=C\C/C=C\C/C=C\C/C=C\C/C=C\C/C=C\CCCCCCC(=O)OC(COC(=O)CCCCCCCCCCCCCCCCCCCCCCCCCCCC/C=C\C/C=C\C/C=C\CCCCCCC)COP(=O)([O-])OCC[N+](C)(C)C. The van der Waals surface area contributed by atoms with Gasteiger partial charge < -0.3 is 27.9 Å². The van der Waals surface area contributed by atoms with Gasteiger partial charge in [-0.25, -0.2) is 0 Å². The van der Waals surface area contributed by atoms with E-state index in [0.29, 0.717) is 17.4 Å². The molecule has 0 aromatic carbocycles. The minimum atomic E-state index is -4.65. The number of esters is 2. The summed E-state index contributed by atoms with van der Waals surface area (Å²) in [7, 11) is 1.15. The maximum absolute atomic E-state index is 12.8. The van der Waals surface area contributed by atoms with Crippen LogP contribution < -0.4 is 4.89 Å². The number of carbonyl (C=O) groups excluding carboxylic acids is 2. The van der Waals surface area contributed by atoms with Gasteiger partial charge in [0.2, 0.25) is 0 Å². The zero-order valence-electron chi connectivity index (χ0n) is 57.9. The van der Waals surface area contributed by atoms with Crippen LogP contribution in [0.25, 0.3) is 0 Å². The molecule has 0 aromatic rings. The van der Waals surface area contributed by atoms with Gasteiger partial charge >= 0.3 is 11.9 Å². The molecular weight excluding hydrogens is 1110 g/mol. The molecule has 0 saturated carbocycles. The minimum Gasteiger partial charge on any atom is -0.756 e. The molecule has 9 nitrogen and oxygen atoms in total. The van der Waals surface area contributed by atoms with Gasteiger partial charge in [-0.2, -0.15) is 0 Å². The summed E-state index contributed by atoms with van der Waals surface area (Å²) >= 11 is 0. The number of ether oxygens (including phenoxy) is 2. The molecule has 0 amide bonds. The number of hydrogen-bond acceptors (Lipinski definition) is 8. The standard InChI is InChI=1S/C78H138NO8P/c1-6-8-10-12-14-16-18-20-22-24-26-28-30-31-32-33-34-35-36-37-38-39-40-41-42-43-44-45-46-47-49-50-52-54-56-58-60-62-64-66-68-70-77(80)84-74-76(75-86-88(82,83)85-73-72-79(3,4)5)87-78(81)71-69-67-65-63-61-59-57-55-53-51-48-29-27-25-23-21-19-17-15-13-11-9-7-2/h9,11,15,17-18,20-21,23-24,26-27,29-31,51,53,57,59,76H,6-8,10,12-14,16,19,22,25,28,32-50,52,54-56,58,60-75H2,1-5H3/b11-9-,17-15-,20-18-,23-21-,26-24-,29-27-,31-30-,53-51-,59-57-. The Bertz CT molecular complexity index is 1850. The molecule has 0 aliphatic heterocycles. The number of unbranched alkanes of at least 4 members (excludes halogenated alkanes) is 35. The summed E-state index contributed by atoms with van der Waals surface area (Å²) in [6.45, 7) is 4.10. The topological polar surface area (TPSA) is 111 Å². The van der Waals surface area contributed by atoms with Crippen molar-refractivity contribution in [2.24, 2.45) is 0 Å². The number of nitrogens with zero attached hydrogens (tertiary/aromatic N) is 1. The Morgan fingerprint density at radius 3 is 0.966 bits per heavy atom. The summed E-state index contributed by atoms with van der Waals surface area (Å²) < 4.78 is 34.3. The Labute approximate surface area is 544 Å². The van der Waals surface area contributed by atoms with Crippen LogP contribution in [-0.2, 0) is 32.7 Å². The van der Waals surface area contributed by atoms with Crippen LogP contribution in [0.2, 0.25) is 0 Å². The second-order valence-electron chi connectivity index (χ2n) is 25.6. The van der Waals surface area contributed by atoms with Gasteiger partial charge in [0.25, 0.3) is 7.82 Å². The first-order valence-corrected chi connectivity index (χ1v) is 38.1. The molecule has 0 aliphatic rings. The van der Waals surface area contributed by atoms with Crippen LogP contribution in [0.4, 0.5) is 0 Å². The smallest absolute Gasteiger partial charge is 0.306 e. The molecule has 0 aromatic heterocycles. The van der Waals surface area contributed by atoms with Gasteiger partial charge in [-0.3, -0.25) is 14.2 Å². The van der Waals surface area contributed by atoms with E-state index in [2.05, 4.69) is 123 Å². The van der Waals surface area contributed by atoms with Gasteiger partial charge in [0.05, 0.1) is 27.7 Å². The fraction of sp³-hybridized carbons (Fsp3) is 0.744. The van der Waals surface area contributed by atoms with Gasteiger partial charge in [0.15, 0.2) is 6.10 Å². The third kappa shape index (κ3) is 71.7. The summed E-state index contributed by atoms with van der Waals surface area (Å²) in [6, 6.07) is 0. The van der Waals surface area contributed by atoms with Crippen LogP contribution in [-0.4, -0.2) is 70.0 Å². The number of phosphoric ester groups is 1. The molecule has 0 heterocycles. The van der Waals surface area contributed by atoms with Gasteiger partial charge in [0.1, 0.15) is 19.8 Å². The summed E-state index contributed by atoms with van der Waals surface area (Å²) in [6.07, 6.45) is 96.3. The van der Waals surface area contributed by atoms with Gasteiger partial charge in [0, 0.05) is 12.8 Å². The lowest BCUT2D eigenvalue weighted by Gasteiger charge is -2.28. The molecule has 88 heavy (non-hydrogen) atoms. The molecular formula is C78H138NO8P. The highest BCUT2D eigenvalue weighted by Gasteiger charge is 2.22. The summed E-state index contributed by atoms with van der Waals surface area (Å²) in [5, 5.41) is 0. The summed E-state index contributed by atoms with van der Waals surface area (Å²) in [4.78, 5) is 38.0. The Hall–Kier alpha value is -3.33. The van der Waals surface area contributed by atoms with Crippen molar-refractivity contribution in [1.29, 1.82) is 0 Å². The first-order chi connectivity index (χ1) is 43.0. The van der Waals surface area contributed by atoms with E-state index >= 15 is 0 Å². The van der Waals surface area contributed by atoms with Crippen LogP contribution in [0.1, 0.15) is 322 Å². The predicted molar refractivity (Wildman–Crippen MR) is 378 cm³/mol. The lowest BCUT2D eigenvalue weighted by atomic mass is 10.0. The molecule has 0 fully saturated rings. The van der Waals surface area contributed by atoms with Crippen LogP contribution in [0.3, 0.4) is 0 Å². The van der Waals surface area contributed by atoms with Crippen LogP contribution >= 0.6 is 7.82 Å². The van der Waals surface area contributed by atoms with E-state index in [-0.39, 0.29) is 32.0 Å². The highest BCUT2D eigenvalue weighted by atomic mass is 31.2. The number of carbonyl (C=O) groups is 2. The van der Waals surface area contributed by atoms with E-state index in [1.54, 1.807) is 0 Å². The van der Waals surface area contributed by atoms with Crippen LogP contribution in [0, 0.1) is 0 Å². The van der Waals surface area contributed by atoms with Crippen molar-refractivity contribution in [3.8, 4) is 0 Å². The van der Waals surface area contributed by atoms with Crippen molar-refractivity contribution >= 4 is 19.8 Å². The molecule has 0 rings (SSSR count). The highest BCUT2D eigenvalue weighted by Crippen LogP contribution is 2.38. The number of phosphoric acid groups is 1. The third-order valence-corrected chi connectivity index (χ3v) is 16.7. The highest BCUT2D eigenvalue weighted by molar-refractivity contribution is 7.45. The van der Waals surface area contributed by atoms with Crippen molar-refractivity contribution in [2.45, 2.75) is 328 Å². The Balaban J connectivity index is 3.96. The Morgan fingerprint density at radius 2 is 0.648 bits per heavy atom. The second-order valence-corrected chi connectivity index (χ2v) is 27.0. The van der Waals surface area contributed by atoms with Crippen molar-refractivity contribution in [3.63, 3.8) is 0 Å². The molecule has 0 saturated heterocycles. The maximum atomic E-state index is 12.8. The number of likely N-dealkylation sites (N-methyl/N-ethyl adjacent to an activating group) is 1.